The van der Waals surface area contributed by atoms with Crippen molar-refractivity contribution in [3.63, 3.8) is 0 Å². The summed E-state index contributed by atoms with van der Waals surface area (Å²) in [5.74, 6) is 1.51. The maximum atomic E-state index is 12.6. The van der Waals surface area contributed by atoms with Crippen LogP contribution in [0, 0.1) is 6.92 Å². The minimum atomic E-state index is -0.172. The molecule has 0 saturated heterocycles. The fourth-order valence-electron chi connectivity index (χ4n) is 3.16. The second kappa shape index (κ2) is 8.25. The monoisotopic (exact) mass is 400 g/mol. The molecule has 0 N–H and O–H groups in total. The third kappa shape index (κ3) is 3.96. The molecule has 1 aliphatic rings. The Morgan fingerprint density at radius 2 is 1.73 bits per heavy atom. The van der Waals surface area contributed by atoms with E-state index in [-0.39, 0.29) is 23.9 Å². The van der Waals surface area contributed by atoms with Gasteiger partial charge in [0.15, 0.2) is 18.1 Å². The number of Topliss-reactive ketones (excluding diaryl/α,β-unsaturated/α-hetero) is 2. The molecule has 0 bridgehead atoms. The van der Waals surface area contributed by atoms with E-state index < -0.39 is 0 Å². The standard InChI is InChI=1S/C25H20O5/c1-16-5-3-4-6-18(16)13-24-25(27)21-12-11-20(14-23(21)30-24)29-15-22(26)17-7-9-19(28-2)10-8-17/h3-14H,15H2,1-2H3. The number of rotatable bonds is 6. The van der Waals surface area contributed by atoms with Gasteiger partial charge in [0.1, 0.15) is 17.2 Å². The summed E-state index contributed by atoms with van der Waals surface area (Å²) in [4.78, 5) is 25.0. The van der Waals surface area contributed by atoms with Gasteiger partial charge in [-0.05, 0) is 60.5 Å². The van der Waals surface area contributed by atoms with Crippen molar-refractivity contribution in [3.8, 4) is 17.2 Å². The Bertz CT molecular complexity index is 1140. The van der Waals surface area contributed by atoms with Gasteiger partial charge in [-0.15, -0.1) is 0 Å². The highest BCUT2D eigenvalue weighted by Crippen LogP contribution is 2.35. The zero-order valence-electron chi connectivity index (χ0n) is 16.7. The SMILES string of the molecule is COc1ccc(C(=O)COc2ccc3c(c2)OC(=Cc2ccccc2C)C3=O)cc1. The molecule has 0 amide bonds. The van der Waals surface area contributed by atoms with Crippen molar-refractivity contribution in [2.75, 3.05) is 13.7 Å². The van der Waals surface area contributed by atoms with Gasteiger partial charge in [-0.2, -0.15) is 0 Å². The lowest BCUT2D eigenvalue weighted by atomic mass is 10.1. The fourth-order valence-corrected chi connectivity index (χ4v) is 3.16. The van der Waals surface area contributed by atoms with Crippen LogP contribution in [0.15, 0.2) is 72.5 Å². The van der Waals surface area contributed by atoms with Crippen molar-refractivity contribution < 1.29 is 23.8 Å². The minimum absolute atomic E-state index is 0.120. The molecule has 0 unspecified atom stereocenters. The molecular formula is C25H20O5. The number of ketones is 2. The topological polar surface area (TPSA) is 61.8 Å². The Balaban J connectivity index is 1.46. The first-order chi connectivity index (χ1) is 14.5. The molecule has 4 rings (SSSR count). The van der Waals surface area contributed by atoms with Crippen molar-refractivity contribution in [1.29, 1.82) is 0 Å². The molecule has 1 aliphatic heterocycles. The highest BCUT2D eigenvalue weighted by atomic mass is 16.5. The Labute approximate surface area is 174 Å². The Kier molecular flexibility index (Phi) is 5.35. The molecule has 0 fully saturated rings. The van der Waals surface area contributed by atoms with Gasteiger partial charge in [-0.1, -0.05) is 24.3 Å². The molecule has 150 valence electrons. The van der Waals surface area contributed by atoms with Gasteiger partial charge in [0, 0.05) is 11.6 Å². The van der Waals surface area contributed by atoms with Gasteiger partial charge >= 0.3 is 0 Å². The average molecular weight is 400 g/mol. The molecule has 0 saturated carbocycles. The van der Waals surface area contributed by atoms with Crippen LogP contribution in [0.4, 0.5) is 0 Å². The number of allylic oxidation sites excluding steroid dienone is 1. The number of aryl methyl sites for hydroxylation is 1. The van der Waals surface area contributed by atoms with Gasteiger partial charge < -0.3 is 14.2 Å². The largest absolute Gasteiger partial charge is 0.497 e. The summed E-state index contributed by atoms with van der Waals surface area (Å²) in [5.41, 5.74) is 2.99. The van der Waals surface area contributed by atoms with Crippen LogP contribution in [-0.4, -0.2) is 25.3 Å². The van der Waals surface area contributed by atoms with E-state index in [1.807, 2.05) is 31.2 Å². The molecule has 3 aromatic carbocycles. The number of ether oxygens (including phenoxy) is 3. The Morgan fingerprint density at radius 3 is 2.47 bits per heavy atom. The molecule has 1 heterocycles. The summed E-state index contributed by atoms with van der Waals surface area (Å²) in [5, 5.41) is 0. The molecule has 30 heavy (non-hydrogen) atoms. The summed E-state index contributed by atoms with van der Waals surface area (Å²) in [6, 6.07) is 19.6. The molecule has 0 aliphatic carbocycles. The summed E-state index contributed by atoms with van der Waals surface area (Å²) < 4.78 is 16.5. The summed E-state index contributed by atoms with van der Waals surface area (Å²) in [7, 11) is 1.57. The zero-order valence-corrected chi connectivity index (χ0v) is 16.7. The number of benzene rings is 3. The smallest absolute Gasteiger partial charge is 0.231 e. The molecule has 3 aromatic rings. The first-order valence-corrected chi connectivity index (χ1v) is 9.49. The van der Waals surface area contributed by atoms with E-state index in [9.17, 15) is 9.59 Å². The third-order valence-electron chi connectivity index (χ3n) is 4.90. The van der Waals surface area contributed by atoms with Crippen LogP contribution in [0.3, 0.4) is 0 Å². The van der Waals surface area contributed by atoms with E-state index in [4.69, 9.17) is 14.2 Å². The van der Waals surface area contributed by atoms with Crippen molar-refractivity contribution in [1.82, 2.24) is 0 Å². The number of methoxy groups -OCH3 is 1. The van der Waals surface area contributed by atoms with Gasteiger partial charge in [-0.25, -0.2) is 0 Å². The van der Waals surface area contributed by atoms with Crippen LogP contribution in [-0.2, 0) is 0 Å². The number of carbonyl (C=O) groups is 2. The third-order valence-corrected chi connectivity index (χ3v) is 4.90. The first-order valence-electron chi connectivity index (χ1n) is 9.49. The molecule has 5 heteroatoms. The predicted molar refractivity (Wildman–Crippen MR) is 113 cm³/mol. The number of fused-ring (bicyclic) bond motifs is 1. The van der Waals surface area contributed by atoms with Crippen LogP contribution in [0.1, 0.15) is 31.8 Å². The fraction of sp³-hybridized carbons (Fsp3) is 0.120. The van der Waals surface area contributed by atoms with Crippen LogP contribution < -0.4 is 14.2 Å². The minimum Gasteiger partial charge on any atom is -0.497 e. The van der Waals surface area contributed by atoms with Gasteiger partial charge in [0.25, 0.3) is 0 Å². The van der Waals surface area contributed by atoms with E-state index in [2.05, 4.69) is 0 Å². The van der Waals surface area contributed by atoms with Gasteiger partial charge in [0.05, 0.1) is 12.7 Å². The van der Waals surface area contributed by atoms with Crippen LogP contribution in [0.25, 0.3) is 6.08 Å². The Morgan fingerprint density at radius 1 is 1.00 bits per heavy atom. The molecule has 0 aromatic heterocycles. The average Bonchev–Trinajstić information content (AvgIpc) is 3.08. The molecule has 0 spiro atoms. The summed E-state index contributed by atoms with van der Waals surface area (Å²) in [6.07, 6.45) is 1.74. The highest BCUT2D eigenvalue weighted by molar-refractivity contribution is 6.14. The summed E-state index contributed by atoms with van der Waals surface area (Å²) >= 11 is 0. The van der Waals surface area contributed by atoms with Crippen LogP contribution >= 0.6 is 0 Å². The van der Waals surface area contributed by atoms with Crippen molar-refractivity contribution >= 4 is 17.6 Å². The summed E-state index contributed by atoms with van der Waals surface area (Å²) in [6.45, 7) is 1.86. The highest BCUT2D eigenvalue weighted by Gasteiger charge is 2.28. The van der Waals surface area contributed by atoms with Crippen LogP contribution in [0.2, 0.25) is 0 Å². The lowest BCUT2D eigenvalue weighted by Crippen LogP contribution is -2.11. The van der Waals surface area contributed by atoms with E-state index in [0.717, 1.165) is 11.1 Å². The van der Waals surface area contributed by atoms with Crippen molar-refractivity contribution in [2.24, 2.45) is 0 Å². The van der Waals surface area contributed by atoms with Crippen LogP contribution in [0.5, 0.6) is 17.2 Å². The molecule has 5 nitrogen and oxygen atoms in total. The van der Waals surface area contributed by atoms with E-state index in [1.165, 1.54) is 0 Å². The molecule has 0 atom stereocenters. The lowest BCUT2D eigenvalue weighted by Gasteiger charge is -2.07. The van der Waals surface area contributed by atoms with E-state index in [1.54, 1.807) is 55.7 Å². The number of carbonyl (C=O) groups excluding carboxylic acids is 2. The van der Waals surface area contributed by atoms with Crippen molar-refractivity contribution in [2.45, 2.75) is 6.92 Å². The lowest BCUT2D eigenvalue weighted by molar-refractivity contribution is 0.0920. The zero-order chi connectivity index (χ0) is 21.1. The van der Waals surface area contributed by atoms with E-state index >= 15 is 0 Å². The second-order valence-electron chi connectivity index (χ2n) is 6.89. The first kappa shape index (κ1) is 19.5. The maximum Gasteiger partial charge on any atom is 0.231 e. The Hall–Kier alpha value is -3.86. The van der Waals surface area contributed by atoms with Crippen molar-refractivity contribution in [3.05, 3.63) is 94.7 Å². The van der Waals surface area contributed by atoms with E-state index in [0.29, 0.717) is 28.4 Å². The maximum absolute atomic E-state index is 12.6. The second-order valence-corrected chi connectivity index (χ2v) is 6.89. The number of hydrogen-bond donors (Lipinski definition) is 0. The van der Waals surface area contributed by atoms with Gasteiger partial charge in [-0.3, -0.25) is 9.59 Å². The predicted octanol–water partition coefficient (Wildman–Crippen LogP) is 4.88. The molecular weight excluding hydrogens is 380 g/mol. The van der Waals surface area contributed by atoms with Gasteiger partial charge in [0.2, 0.25) is 5.78 Å². The number of hydrogen-bond acceptors (Lipinski definition) is 5. The normalized spacial score (nSPS) is 13.7. The molecule has 0 radical (unpaired) electrons. The quantitative estimate of drug-likeness (QED) is 0.436.